The molecule has 76 valence electrons. The molecular weight excluding hydrogens is 162 g/mol. The number of hydrogen-bond acceptors (Lipinski definition) is 3. The van der Waals surface area contributed by atoms with Gasteiger partial charge in [0.15, 0.2) is 5.96 Å². The predicted molar refractivity (Wildman–Crippen MR) is 56.7 cm³/mol. The van der Waals surface area contributed by atoms with Crippen LogP contribution in [0.1, 0.15) is 33.6 Å². The Morgan fingerprint density at radius 2 is 2.31 bits per heavy atom. The van der Waals surface area contributed by atoms with Crippen LogP contribution in [0.5, 0.6) is 0 Å². The molecule has 1 aliphatic rings. The van der Waals surface area contributed by atoms with Crippen LogP contribution in [-0.4, -0.2) is 30.0 Å². The van der Waals surface area contributed by atoms with E-state index >= 15 is 0 Å². The van der Waals surface area contributed by atoms with Crippen LogP contribution in [-0.2, 0) is 0 Å². The number of aliphatic imine (C=N–C) groups is 1. The fraction of sp³-hybridized carbons (Fsp3) is 0.900. The highest BCUT2D eigenvalue weighted by Gasteiger charge is 2.25. The minimum absolute atomic E-state index is 0.556. The minimum atomic E-state index is 0.556. The van der Waals surface area contributed by atoms with Gasteiger partial charge in [0.05, 0.1) is 12.6 Å². The third-order valence-electron chi connectivity index (χ3n) is 2.41. The van der Waals surface area contributed by atoms with Crippen molar-refractivity contribution in [2.45, 2.75) is 39.7 Å². The highest BCUT2D eigenvalue weighted by molar-refractivity contribution is 5.80. The third kappa shape index (κ3) is 2.61. The summed E-state index contributed by atoms with van der Waals surface area (Å²) in [4.78, 5) is 6.54. The maximum Gasteiger partial charge on any atom is 0.191 e. The molecule has 2 N–H and O–H groups in total. The normalized spacial score (nSPS) is 22.6. The van der Waals surface area contributed by atoms with E-state index in [1.54, 1.807) is 0 Å². The molecule has 0 bridgehead atoms. The average Bonchev–Trinajstić information content (AvgIpc) is 2.35. The van der Waals surface area contributed by atoms with Crippen molar-refractivity contribution >= 4 is 5.96 Å². The van der Waals surface area contributed by atoms with E-state index in [1.165, 1.54) is 6.42 Å². The van der Waals surface area contributed by atoms with E-state index in [-0.39, 0.29) is 0 Å². The molecule has 0 saturated carbocycles. The Morgan fingerprint density at radius 1 is 1.62 bits per heavy atom. The van der Waals surface area contributed by atoms with Crippen LogP contribution in [0.2, 0.25) is 0 Å². The van der Waals surface area contributed by atoms with Gasteiger partial charge in [-0.1, -0.05) is 20.8 Å². The molecule has 0 aromatic heterocycles. The van der Waals surface area contributed by atoms with Crippen molar-refractivity contribution < 1.29 is 0 Å². The molecule has 13 heavy (non-hydrogen) atoms. The van der Waals surface area contributed by atoms with E-state index in [2.05, 4.69) is 30.7 Å². The average molecular weight is 183 g/mol. The van der Waals surface area contributed by atoms with E-state index in [4.69, 9.17) is 5.73 Å². The second-order valence-electron chi connectivity index (χ2n) is 4.18. The molecule has 0 aliphatic carbocycles. The molecule has 1 atom stereocenters. The number of rotatable bonds is 4. The maximum absolute atomic E-state index is 5.81. The largest absolute Gasteiger partial charge is 0.370 e. The molecule has 0 radical (unpaired) electrons. The van der Waals surface area contributed by atoms with E-state index < -0.39 is 0 Å². The summed E-state index contributed by atoms with van der Waals surface area (Å²) in [5.74, 6) is 1.47. The van der Waals surface area contributed by atoms with Gasteiger partial charge in [-0.3, -0.25) is 4.99 Å². The summed E-state index contributed by atoms with van der Waals surface area (Å²) in [7, 11) is 0. The summed E-state index contributed by atoms with van der Waals surface area (Å²) in [6.45, 7) is 8.62. The molecule has 3 heteroatoms. The molecule has 0 aromatic carbocycles. The first-order chi connectivity index (χ1) is 6.15. The van der Waals surface area contributed by atoms with Gasteiger partial charge in [-0.25, -0.2) is 0 Å². The molecule has 0 fully saturated rings. The van der Waals surface area contributed by atoms with Crippen molar-refractivity contribution in [1.29, 1.82) is 0 Å². The summed E-state index contributed by atoms with van der Waals surface area (Å²) in [5, 5.41) is 0. The van der Waals surface area contributed by atoms with Crippen molar-refractivity contribution in [3.8, 4) is 0 Å². The number of guanidine groups is 1. The van der Waals surface area contributed by atoms with Gasteiger partial charge in [0.25, 0.3) is 0 Å². The summed E-state index contributed by atoms with van der Waals surface area (Å²) in [6, 6.07) is 0.556. The lowest BCUT2D eigenvalue weighted by molar-refractivity contribution is 0.297. The Kier molecular flexibility index (Phi) is 3.58. The molecular formula is C10H21N3. The Hall–Kier alpha value is -0.730. The number of nitrogens with two attached hydrogens (primary N) is 1. The fourth-order valence-electron chi connectivity index (χ4n) is 1.86. The summed E-state index contributed by atoms with van der Waals surface area (Å²) < 4.78 is 0. The highest BCUT2D eigenvalue weighted by Crippen LogP contribution is 2.16. The second-order valence-corrected chi connectivity index (χ2v) is 4.18. The monoisotopic (exact) mass is 183 g/mol. The molecule has 1 aliphatic heterocycles. The SMILES string of the molecule is CCCN1C(N)=NCC1CC(C)C. The van der Waals surface area contributed by atoms with Gasteiger partial charge in [-0.05, 0) is 18.8 Å². The van der Waals surface area contributed by atoms with Gasteiger partial charge in [-0.2, -0.15) is 0 Å². The van der Waals surface area contributed by atoms with Crippen LogP contribution in [0.4, 0.5) is 0 Å². The molecule has 0 spiro atoms. The Bertz CT molecular complexity index is 187. The van der Waals surface area contributed by atoms with Crippen molar-refractivity contribution in [2.75, 3.05) is 13.1 Å². The minimum Gasteiger partial charge on any atom is -0.370 e. The van der Waals surface area contributed by atoms with E-state index in [1.807, 2.05) is 0 Å². The maximum atomic E-state index is 5.81. The van der Waals surface area contributed by atoms with Crippen LogP contribution in [0.3, 0.4) is 0 Å². The highest BCUT2D eigenvalue weighted by atomic mass is 15.3. The van der Waals surface area contributed by atoms with Gasteiger partial charge in [-0.15, -0.1) is 0 Å². The van der Waals surface area contributed by atoms with Crippen LogP contribution in [0.25, 0.3) is 0 Å². The molecule has 0 aromatic rings. The predicted octanol–water partition coefficient (Wildman–Crippen LogP) is 1.44. The number of nitrogens with zero attached hydrogens (tertiary/aromatic N) is 2. The van der Waals surface area contributed by atoms with Crippen LogP contribution >= 0.6 is 0 Å². The van der Waals surface area contributed by atoms with Gasteiger partial charge >= 0.3 is 0 Å². The zero-order valence-corrected chi connectivity index (χ0v) is 8.95. The topological polar surface area (TPSA) is 41.6 Å². The smallest absolute Gasteiger partial charge is 0.191 e. The second kappa shape index (κ2) is 4.49. The zero-order chi connectivity index (χ0) is 9.84. The van der Waals surface area contributed by atoms with Crippen LogP contribution in [0.15, 0.2) is 4.99 Å². The molecule has 3 nitrogen and oxygen atoms in total. The van der Waals surface area contributed by atoms with Crippen molar-refractivity contribution in [1.82, 2.24) is 4.90 Å². The first-order valence-electron chi connectivity index (χ1n) is 5.21. The quantitative estimate of drug-likeness (QED) is 0.716. The summed E-state index contributed by atoms with van der Waals surface area (Å²) >= 11 is 0. The van der Waals surface area contributed by atoms with Gasteiger partial charge in [0, 0.05) is 6.54 Å². The third-order valence-corrected chi connectivity index (χ3v) is 2.41. The molecule has 1 unspecified atom stereocenters. The van der Waals surface area contributed by atoms with Gasteiger partial charge in [0.1, 0.15) is 0 Å². The van der Waals surface area contributed by atoms with Crippen LogP contribution < -0.4 is 5.73 Å². The van der Waals surface area contributed by atoms with E-state index in [9.17, 15) is 0 Å². The first kappa shape index (κ1) is 10.4. The molecule has 1 rings (SSSR count). The standard InChI is InChI=1S/C10H21N3/c1-4-5-13-9(6-8(2)3)7-12-10(13)11/h8-9H,4-7H2,1-3H3,(H2,11,12). The molecule has 0 saturated heterocycles. The summed E-state index contributed by atoms with van der Waals surface area (Å²) in [5.41, 5.74) is 5.81. The lowest BCUT2D eigenvalue weighted by Crippen LogP contribution is -2.41. The van der Waals surface area contributed by atoms with Crippen molar-refractivity contribution in [3.05, 3.63) is 0 Å². The molecule has 1 heterocycles. The van der Waals surface area contributed by atoms with E-state index in [0.29, 0.717) is 6.04 Å². The van der Waals surface area contributed by atoms with Crippen molar-refractivity contribution in [2.24, 2.45) is 16.6 Å². The summed E-state index contributed by atoms with van der Waals surface area (Å²) in [6.07, 6.45) is 2.34. The Balaban J connectivity index is 2.48. The lowest BCUT2D eigenvalue weighted by Gasteiger charge is -2.26. The van der Waals surface area contributed by atoms with Gasteiger partial charge < -0.3 is 10.6 Å². The number of hydrogen-bond donors (Lipinski definition) is 1. The zero-order valence-electron chi connectivity index (χ0n) is 8.95. The van der Waals surface area contributed by atoms with E-state index in [0.717, 1.165) is 31.4 Å². The van der Waals surface area contributed by atoms with Gasteiger partial charge in [0.2, 0.25) is 0 Å². The first-order valence-corrected chi connectivity index (χ1v) is 5.21. The lowest BCUT2D eigenvalue weighted by atomic mass is 10.0. The Labute approximate surface area is 81.0 Å². The molecule has 0 amide bonds. The van der Waals surface area contributed by atoms with Crippen molar-refractivity contribution in [3.63, 3.8) is 0 Å². The Morgan fingerprint density at radius 3 is 2.85 bits per heavy atom. The fourth-order valence-corrected chi connectivity index (χ4v) is 1.86. The van der Waals surface area contributed by atoms with Crippen LogP contribution in [0, 0.1) is 5.92 Å².